The number of nitrogens with one attached hydrogen (secondary N) is 2. The van der Waals surface area contributed by atoms with Crippen molar-refractivity contribution in [1.82, 2.24) is 10.6 Å². The highest BCUT2D eigenvalue weighted by Gasteiger charge is 2.16. The molecule has 1 aromatic rings. The van der Waals surface area contributed by atoms with Crippen LogP contribution in [0.1, 0.15) is 31.1 Å². The lowest BCUT2D eigenvalue weighted by Gasteiger charge is -2.16. The van der Waals surface area contributed by atoms with Crippen LogP contribution in [0.15, 0.2) is 28.7 Å². The smallest absolute Gasteiger partial charge is 0.251 e. The van der Waals surface area contributed by atoms with Gasteiger partial charge in [-0.25, -0.2) is 0 Å². The summed E-state index contributed by atoms with van der Waals surface area (Å²) in [5.41, 5.74) is 0.522. The monoisotopic (exact) mass is 312 g/mol. The average molecular weight is 313 g/mol. The van der Waals surface area contributed by atoms with Crippen molar-refractivity contribution in [2.24, 2.45) is 0 Å². The van der Waals surface area contributed by atoms with Crippen molar-refractivity contribution in [3.8, 4) is 0 Å². The van der Waals surface area contributed by atoms with Gasteiger partial charge in [0.05, 0.1) is 0 Å². The molecule has 1 rings (SSSR count). The first-order valence-corrected chi connectivity index (χ1v) is 6.56. The van der Waals surface area contributed by atoms with Gasteiger partial charge in [-0.1, -0.05) is 22.0 Å². The second-order valence-corrected chi connectivity index (χ2v) is 5.28. The van der Waals surface area contributed by atoms with E-state index in [0.717, 1.165) is 4.47 Å². The number of amides is 2. The summed E-state index contributed by atoms with van der Waals surface area (Å²) in [7, 11) is 0. The summed E-state index contributed by atoms with van der Waals surface area (Å²) in [6, 6.07) is 6.53. The van der Waals surface area contributed by atoms with Gasteiger partial charge in [-0.05, 0) is 39.0 Å². The molecule has 1 aromatic carbocycles. The second-order valence-electron chi connectivity index (χ2n) is 4.37. The zero-order valence-corrected chi connectivity index (χ0v) is 12.2. The lowest BCUT2D eigenvalue weighted by atomic mass is 10.2. The molecule has 0 spiro atoms. The van der Waals surface area contributed by atoms with Crippen LogP contribution in [0.5, 0.6) is 0 Å². The van der Waals surface area contributed by atoms with Gasteiger partial charge in [-0.2, -0.15) is 0 Å². The highest BCUT2D eigenvalue weighted by atomic mass is 79.9. The Morgan fingerprint density at radius 1 is 1.17 bits per heavy atom. The molecule has 1 unspecified atom stereocenters. The molecule has 0 fully saturated rings. The fraction of sp³-hybridized carbons (Fsp3) is 0.385. The molecule has 0 aliphatic rings. The number of carbonyl (C=O) groups is 2. The second kappa shape index (κ2) is 6.54. The summed E-state index contributed by atoms with van der Waals surface area (Å²) < 4.78 is 0.828. The van der Waals surface area contributed by atoms with Crippen LogP contribution in [0.25, 0.3) is 0 Å². The van der Waals surface area contributed by atoms with Crippen LogP contribution in [0, 0.1) is 0 Å². The standard InChI is InChI=1S/C13H17BrN2O2/c1-8(2)15-12(17)9(3)16-13(18)10-5-4-6-11(14)7-10/h4-9H,1-3H3,(H,15,17)(H,16,18). The van der Waals surface area contributed by atoms with Crippen molar-refractivity contribution in [3.63, 3.8) is 0 Å². The van der Waals surface area contributed by atoms with E-state index in [1.165, 1.54) is 0 Å². The Morgan fingerprint density at radius 2 is 1.83 bits per heavy atom. The van der Waals surface area contributed by atoms with Crippen molar-refractivity contribution in [3.05, 3.63) is 34.3 Å². The van der Waals surface area contributed by atoms with Crippen molar-refractivity contribution >= 4 is 27.7 Å². The van der Waals surface area contributed by atoms with E-state index in [1.807, 2.05) is 19.9 Å². The van der Waals surface area contributed by atoms with Gasteiger partial charge >= 0.3 is 0 Å². The molecule has 0 aliphatic heterocycles. The van der Waals surface area contributed by atoms with Crippen molar-refractivity contribution < 1.29 is 9.59 Å². The first-order chi connectivity index (χ1) is 8.40. The Bertz CT molecular complexity index is 446. The molecule has 5 heteroatoms. The Labute approximate surface area is 115 Å². The van der Waals surface area contributed by atoms with Crippen LogP contribution in [0.3, 0.4) is 0 Å². The van der Waals surface area contributed by atoms with Gasteiger partial charge < -0.3 is 10.6 Å². The Morgan fingerprint density at radius 3 is 2.39 bits per heavy atom. The van der Waals surface area contributed by atoms with E-state index in [0.29, 0.717) is 5.56 Å². The molecule has 0 radical (unpaired) electrons. The summed E-state index contributed by atoms with van der Waals surface area (Å²) in [5, 5.41) is 5.40. The summed E-state index contributed by atoms with van der Waals surface area (Å²) in [6.07, 6.45) is 0. The van der Waals surface area contributed by atoms with Crippen LogP contribution in [-0.4, -0.2) is 23.9 Å². The third kappa shape index (κ3) is 4.49. The van der Waals surface area contributed by atoms with Crippen molar-refractivity contribution in [1.29, 1.82) is 0 Å². The number of benzene rings is 1. The first kappa shape index (κ1) is 14.7. The van der Waals surface area contributed by atoms with Crippen LogP contribution in [0.2, 0.25) is 0 Å². The maximum absolute atomic E-state index is 11.9. The molecule has 98 valence electrons. The maximum atomic E-state index is 11.9. The predicted molar refractivity (Wildman–Crippen MR) is 74.3 cm³/mol. The molecule has 0 heterocycles. The lowest BCUT2D eigenvalue weighted by molar-refractivity contribution is -0.123. The van der Waals surface area contributed by atoms with Crippen LogP contribution >= 0.6 is 15.9 Å². The normalized spacial score (nSPS) is 12.1. The van der Waals surface area contributed by atoms with Gasteiger partial charge in [-0.3, -0.25) is 9.59 Å². The lowest BCUT2D eigenvalue weighted by Crippen LogP contribution is -2.46. The number of halogens is 1. The van der Waals surface area contributed by atoms with Gasteiger partial charge in [0.1, 0.15) is 6.04 Å². The Balaban J connectivity index is 2.62. The van der Waals surface area contributed by atoms with E-state index in [-0.39, 0.29) is 17.9 Å². The van der Waals surface area contributed by atoms with Crippen LogP contribution < -0.4 is 10.6 Å². The fourth-order valence-corrected chi connectivity index (χ4v) is 1.78. The Kier molecular flexibility index (Phi) is 5.34. The summed E-state index contributed by atoms with van der Waals surface area (Å²) in [4.78, 5) is 23.5. The highest BCUT2D eigenvalue weighted by Crippen LogP contribution is 2.11. The van der Waals surface area contributed by atoms with E-state index in [2.05, 4.69) is 26.6 Å². The molecular weight excluding hydrogens is 296 g/mol. The topological polar surface area (TPSA) is 58.2 Å². The minimum absolute atomic E-state index is 0.0581. The van der Waals surface area contributed by atoms with Gasteiger partial charge in [0.25, 0.3) is 5.91 Å². The third-order valence-corrected chi connectivity index (χ3v) is 2.75. The van der Waals surface area contributed by atoms with Crippen LogP contribution in [0.4, 0.5) is 0 Å². The molecule has 2 amide bonds. The minimum atomic E-state index is -0.557. The SMILES string of the molecule is CC(C)NC(=O)C(C)NC(=O)c1cccc(Br)c1. The molecule has 1 atom stereocenters. The van der Waals surface area contributed by atoms with E-state index >= 15 is 0 Å². The number of hydrogen-bond acceptors (Lipinski definition) is 2. The molecule has 0 aromatic heterocycles. The fourth-order valence-electron chi connectivity index (χ4n) is 1.38. The van der Waals surface area contributed by atoms with E-state index in [4.69, 9.17) is 0 Å². The van der Waals surface area contributed by atoms with Crippen molar-refractivity contribution in [2.75, 3.05) is 0 Å². The van der Waals surface area contributed by atoms with E-state index < -0.39 is 6.04 Å². The first-order valence-electron chi connectivity index (χ1n) is 5.77. The Hall–Kier alpha value is -1.36. The molecule has 0 saturated heterocycles. The van der Waals surface area contributed by atoms with Gasteiger partial charge in [0, 0.05) is 16.1 Å². The summed E-state index contributed by atoms with van der Waals surface area (Å²) >= 11 is 3.30. The maximum Gasteiger partial charge on any atom is 0.251 e. The molecule has 2 N–H and O–H groups in total. The average Bonchev–Trinajstić information content (AvgIpc) is 2.27. The molecule has 4 nitrogen and oxygen atoms in total. The highest BCUT2D eigenvalue weighted by molar-refractivity contribution is 9.10. The molecule has 0 bridgehead atoms. The molecule has 0 saturated carbocycles. The third-order valence-electron chi connectivity index (χ3n) is 2.26. The zero-order chi connectivity index (χ0) is 13.7. The van der Waals surface area contributed by atoms with E-state index in [1.54, 1.807) is 25.1 Å². The quantitative estimate of drug-likeness (QED) is 0.894. The predicted octanol–water partition coefficient (Wildman–Crippen LogP) is 2.09. The van der Waals surface area contributed by atoms with Gasteiger partial charge in [0.2, 0.25) is 5.91 Å². The van der Waals surface area contributed by atoms with Gasteiger partial charge in [-0.15, -0.1) is 0 Å². The zero-order valence-electron chi connectivity index (χ0n) is 10.7. The number of rotatable bonds is 4. The largest absolute Gasteiger partial charge is 0.352 e. The summed E-state index contributed by atoms with van der Waals surface area (Å²) in [5.74, 6) is -0.448. The number of hydrogen-bond donors (Lipinski definition) is 2. The van der Waals surface area contributed by atoms with Crippen LogP contribution in [-0.2, 0) is 4.79 Å². The molecule has 0 aliphatic carbocycles. The van der Waals surface area contributed by atoms with E-state index in [9.17, 15) is 9.59 Å². The molecular formula is C13H17BrN2O2. The minimum Gasteiger partial charge on any atom is -0.352 e. The van der Waals surface area contributed by atoms with Gasteiger partial charge in [0.15, 0.2) is 0 Å². The molecule has 18 heavy (non-hydrogen) atoms. The van der Waals surface area contributed by atoms with Crippen molar-refractivity contribution in [2.45, 2.75) is 32.9 Å². The number of carbonyl (C=O) groups excluding carboxylic acids is 2. The summed E-state index contributed by atoms with van der Waals surface area (Å²) in [6.45, 7) is 5.41.